The first-order valence-corrected chi connectivity index (χ1v) is 9.95. The molecule has 0 bridgehead atoms. The van der Waals surface area contributed by atoms with E-state index in [-0.39, 0.29) is 11.7 Å². The van der Waals surface area contributed by atoms with E-state index in [0.29, 0.717) is 31.8 Å². The summed E-state index contributed by atoms with van der Waals surface area (Å²) in [7, 11) is 0. The molecule has 1 aromatic rings. The number of ether oxygens (including phenoxy) is 2. The van der Waals surface area contributed by atoms with Gasteiger partial charge in [0.1, 0.15) is 12.2 Å². The van der Waals surface area contributed by atoms with Crippen molar-refractivity contribution in [3.8, 4) is 0 Å². The summed E-state index contributed by atoms with van der Waals surface area (Å²) in [5.41, 5.74) is 0.767. The van der Waals surface area contributed by atoms with Gasteiger partial charge in [-0.2, -0.15) is 0 Å². The summed E-state index contributed by atoms with van der Waals surface area (Å²) in [5.74, 6) is 0.773. The van der Waals surface area contributed by atoms with Gasteiger partial charge >= 0.3 is 6.09 Å². The van der Waals surface area contributed by atoms with Gasteiger partial charge in [0, 0.05) is 25.2 Å². The van der Waals surface area contributed by atoms with Gasteiger partial charge in [-0.1, -0.05) is 30.3 Å². The van der Waals surface area contributed by atoms with Crippen molar-refractivity contribution in [3.63, 3.8) is 0 Å². The van der Waals surface area contributed by atoms with Crippen LogP contribution in [0, 0.1) is 0 Å². The van der Waals surface area contributed by atoms with Crippen LogP contribution in [0.4, 0.5) is 4.79 Å². The molecule has 1 saturated heterocycles. The average molecular weight is 373 g/mol. The molecule has 5 heteroatoms. The molecular weight excluding hydrogens is 340 g/mol. The van der Waals surface area contributed by atoms with E-state index in [0.717, 1.165) is 24.3 Å². The maximum absolute atomic E-state index is 12.4. The van der Waals surface area contributed by atoms with Crippen molar-refractivity contribution in [2.75, 3.05) is 13.1 Å². The molecule has 2 fully saturated rings. The quantitative estimate of drug-likeness (QED) is 0.688. The highest BCUT2D eigenvalue weighted by atomic mass is 16.6. The van der Waals surface area contributed by atoms with E-state index in [1.807, 2.05) is 35.2 Å². The molecule has 1 amide bonds. The van der Waals surface area contributed by atoms with Crippen molar-refractivity contribution in [1.82, 2.24) is 9.80 Å². The molecule has 1 aliphatic carbocycles. The van der Waals surface area contributed by atoms with Crippen LogP contribution in [0.2, 0.25) is 0 Å². The van der Waals surface area contributed by atoms with E-state index in [9.17, 15) is 4.79 Å². The van der Waals surface area contributed by atoms with Crippen molar-refractivity contribution < 1.29 is 14.3 Å². The van der Waals surface area contributed by atoms with Crippen LogP contribution >= 0.6 is 0 Å². The van der Waals surface area contributed by atoms with E-state index in [1.54, 1.807) is 0 Å². The monoisotopic (exact) mass is 372 g/mol. The number of amides is 1. The van der Waals surface area contributed by atoms with Crippen molar-refractivity contribution >= 4 is 6.09 Å². The predicted octanol–water partition coefficient (Wildman–Crippen LogP) is 4.54. The lowest BCUT2D eigenvalue weighted by Gasteiger charge is -2.41. The van der Waals surface area contributed by atoms with Crippen molar-refractivity contribution in [2.24, 2.45) is 0 Å². The Morgan fingerprint density at radius 3 is 2.26 bits per heavy atom. The maximum atomic E-state index is 12.4. The van der Waals surface area contributed by atoms with Gasteiger partial charge in [0.15, 0.2) is 5.88 Å². The van der Waals surface area contributed by atoms with E-state index in [1.165, 1.54) is 12.8 Å². The normalized spacial score (nSPS) is 18.1. The van der Waals surface area contributed by atoms with Crippen molar-refractivity contribution in [2.45, 2.75) is 70.7 Å². The minimum absolute atomic E-state index is 0.222. The third-order valence-corrected chi connectivity index (χ3v) is 4.97. The molecule has 0 spiro atoms. The minimum Gasteiger partial charge on any atom is -0.474 e. The van der Waals surface area contributed by atoms with Gasteiger partial charge in [-0.25, -0.2) is 4.79 Å². The number of hydrogen-bond donors (Lipinski definition) is 0. The fourth-order valence-electron chi connectivity index (χ4n) is 3.60. The highest BCUT2D eigenvalue weighted by Crippen LogP contribution is 2.36. The first-order valence-electron chi connectivity index (χ1n) is 9.95. The van der Waals surface area contributed by atoms with E-state index in [2.05, 4.69) is 32.3 Å². The second kappa shape index (κ2) is 8.24. The maximum Gasteiger partial charge on any atom is 0.410 e. The molecule has 1 aromatic carbocycles. The second-order valence-electron chi connectivity index (χ2n) is 8.51. The SMILES string of the molecule is C=C(OC(C)(C)C)N(C1CC1)C1CCN(C(=O)OCc2ccccc2)CC1. The molecule has 0 aromatic heterocycles. The van der Waals surface area contributed by atoms with Crippen LogP contribution in [0.5, 0.6) is 0 Å². The summed E-state index contributed by atoms with van der Waals surface area (Å²) in [6, 6.07) is 10.7. The number of nitrogens with zero attached hydrogens (tertiary/aromatic N) is 2. The zero-order valence-electron chi connectivity index (χ0n) is 16.8. The highest BCUT2D eigenvalue weighted by Gasteiger charge is 2.38. The number of likely N-dealkylation sites (tertiary alicyclic amines) is 1. The van der Waals surface area contributed by atoms with Crippen LogP contribution in [0.3, 0.4) is 0 Å². The summed E-state index contributed by atoms with van der Waals surface area (Å²) in [4.78, 5) is 16.5. The lowest BCUT2D eigenvalue weighted by molar-refractivity contribution is -0.0207. The molecule has 2 aliphatic rings. The van der Waals surface area contributed by atoms with Crippen molar-refractivity contribution in [3.05, 3.63) is 48.4 Å². The fraction of sp³-hybridized carbons (Fsp3) is 0.591. The Kier molecular flexibility index (Phi) is 5.98. The van der Waals surface area contributed by atoms with Gasteiger partial charge in [-0.3, -0.25) is 0 Å². The van der Waals surface area contributed by atoms with Gasteiger partial charge in [0.25, 0.3) is 0 Å². The number of rotatable bonds is 6. The van der Waals surface area contributed by atoms with Crippen LogP contribution in [-0.4, -0.2) is 46.7 Å². The second-order valence-corrected chi connectivity index (χ2v) is 8.51. The summed E-state index contributed by atoms with van der Waals surface area (Å²) in [6.45, 7) is 12.1. The van der Waals surface area contributed by atoms with Crippen LogP contribution in [-0.2, 0) is 16.1 Å². The Labute approximate surface area is 162 Å². The predicted molar refractivity (Wildman–Crippen MR) is 106 cm³/mol. The molecule has 3 rings (SSSR count). The van der Waals surface area contributed by atoms with Gasteiger partial charge in [-0.15, -0.1) is 0 Å². The zero-order valence-corrected chi connectivity index (χ0v) is 16.8. The average Bonchev–Trinajstić information content (AvgIpc) is 3.45. The molecule has 5 nitrogen and oxygen atoms in total. The lowest BCUT2D eigenvalue weighted by atomic mass is 10.0. The summed E-state index contributed by atoms with van der Waals surface area (Å²) < 4.78 is 11.5. The lowest BCUT2D eigenvalue weighted by Crippen LogP contribution is -2.48. The first-order chi connectivity index (χ1) is 12.8. The molecule has 0 radical (unpaired) electrons. The molecule has 0 atom stereocenters. The number of benzene rings is 1. The standard InChI is InChI=1S/C22H32N2O3/c1-17(27-22(2,3)4)24(19-10-11-19)20-12-14-23(15-13-20)21(25)26-16-18-8-6-5-7-9-18/h5-9,19-20H,1,10-16H2,2-4H3. The fourth-order valence-corrected chi connectivity index (χ4v) is 3.60. The number of piperidine rings is 1. The van der Waals surface area contributed by atoms with Crippen molar-refractivity contribution in [1.29, 1.82) is 0 Å². The third kappa shape index (κ3) is 5.65. The minimum atomic E-state index is -0.244. The molecule has 1 aliphatic heterocycles. The molecular formula is C22H32N2O3. The Hall–Kier alpha value is -2.17. The van der Waals surface area contributed by atoms with Gasteiger partial charge in [0.2, 0.25) is 0 Å². The summed E-state index contributed by atoms with van der Waals surface area (Å²) >= 11 is 0. The topological polar surface area (TPSA) is 42.0 Å². The number of carbonyl (C=O) groups excluding carboxylic acids is 1. The summed E-state index contributed by atoms with van der Waals surface area (Å²) in [5, 5.41) is 0. The van der Waals surface area contributed by atoms with E-state index < -0.39 is 0 Å². The van der Waals surface area contributed by atoms with Gasteiger partial charge in [-0.05, 0) is 58.6 Å². The smallest absolute Gasteiger partial charge is 0.410 e. The molecule has 148 valence electrons. The Balaban J connectivity index is 1.49. The molecule has 27 heavy (non-hydrogen) atoms. The van der Waals surface area contributed by atoms with E-state index in [4.69, 9.17) is 9.47 Å². The van der Waals surface area contributed by atoms with Gasteiger partial charge < -0.3 is 19.3 Å². The Morgan fingerprint density at radius 1 is 1.11 bits per heavy atom. The largest absolute Gasteiger partial charge is 0.474 e. The van der Waals surface area contributed by atoms with Crippen LogP contribution < -0.4 is 0 Å². The van der Waals surface area contributed by atoms with E-state index >= 15 is 0 Å². The van der Waals surface area contributed by atoms with Crippen LogP contribution in [0.25, 0.3) is 0 Å². The Morgan fingerprint density at radius 2 is 1.70 bits per heavy atom. The number of carbonyl (C=O) groups is 1. The molecule has 0 N–H and O–H groups in total. The van der Waals surface area contributed by atoms with Gasteiger partial charge in [0.05, 0.1) is 0 Å². The third-order valence-electron chi connectivity index (χ3n) is 4.97. The first kappa shape index (κ1) is 19.6. The molecule has 1 heterocycles. The highest BCUT2D eigenvalue weighted by molar-refractivity contribution is 5.67. The summed E-state index contributed by atoms with van der Waals surface area (Å²) in [6.07, 6.45) is 4.02. The molecule has 1 saturated carbocycles. The number of hydrogen-bond acceptors (Lipinski definition) is 4. The van der Waals surface area contributed by atoms with Crippen LogP contribution in [0.1, 0.15) is 52.0 Å². The molecule has 0 unspecified atom stereocenters. The zero-order chi connectivity index (χ0) is 19.4. The Bertz CT molecular complexity index is 641. The van der Waals surface area contributed by atoms with Crippen LogP contribution in [0.15, 0.2) is 42.8 Å².